The van der Waals surface area contributed by atoms with Gasteiger partial charge in [0.2, 0.25) is 0 Å². The second kappa shape index (κ2) is 59.1. The molecule has 0 fully saturated rings. The van der Waals surface area contributed by atoms with Crippen molar-refractivity contribution in [2.75, 3.05) is 38.5 Å². The van der Waals surface area contributed by atoms with Crippen LogP contribution in [0.4, 0.5) is 5.69 Å². The molecule has 20 aromatic rings. The molecule has 0 amide bonds. The molecular formula is C128H122BrN8NaO11. The molecule has 20 rings (SSSR count). The number of anilines is 1. The monoisotopic (exact) mass is 2050 g/mol. The first-order chi connectivity index (χ1) is 72.3. The van der Waals surface area contributed by atoms with Crippen molar-refractivity contribution < 1.29 is 73.0 Å². The number of fused-ring (bicyclic) bond motifs is 5. The van der Waals surface area contributed by atoms with E-state index in [2.05, 4.69) is 219 Å². The number of nitrogens with zero attached hydrogens (tertiary/aromatic N) is 5. The summed E-state index contributed by atoms with van der Waals surface area (Å²) in [7, 11) is 0. The van der Waals surface area contributed by atoms with Crippen LogP contribution < -0.4 is 65.6 Å². The zero-order valence-corrected chi connectivity index (χ0v) is 89.2. The Morgan fingerprint density at radius 2 is 0.658 bits per heavy atom. The molecule has 0 bridgehead atoms. The third-order valence-corrected chi connectivity index (χ3v) is 24.8. The van der Waals surface area contributed by atoms with E-state index in [1.165, 1.54) is 27.8 Å². The Hall–Kier alpha value is -15.9. The fourth-order valence-corrected chi connectivity index (χ4v) is 16.5. The summed E-state index contributed by atoms with van der Waals surface area (Å²) in [5, 5.41) is 13.9. The number of hydrogen-bond donors (Lipinski definition) is 3. The number of halogens is 1. The molecule has 0 unspecified atom stereocenters. The van der Waals surface area contributed by atoms with Crippen LogP contribution in [0.2, 0.25) is 0 Å². The van der Waals surface area contributed by atoms with E-state index in [1.54, 1.807) is 43.3 Å². The summed E-state index contributed by atoms with van der Waals surface area (Å²) in [6.45, 7) is 24.2. The van der Waals surface area contributed by atoms with Gasteiger partial charge in [0.05, 0.1) is 40.2 Å². The van der Waals surface area contributed by atoms with Gasteiger partial charge in [0.25, 0.3) is 6.47 Å². The first-order valence-electron chi connectivity index (χ1n) is 49.4. The van der Waals surface area contributed by atoms with Crippen molar-refractivity contribution in [1.29, 1.82) is 0 Å². The van der Waals surface area contributed by atoms with Crippen LogP contribution in [0.5, 0.6) is 17.2 Å². The van der Waals surface area contributed by atoms with Gasteiger partial charge in [0.1, 0.15) is 43.5 Å². The van der Waals surface area contributed by atoms with Crippen LogP contribution in [0.15, 0.2) is 428 Å². The molecular weight excluding hydrogens is 1930 g/mol. The number of carbonyl (C=O) groups excluding carboxylic acids is 3. The number of ether oxygens (including phenoxy) is 4. The van der Waals surface area contributed by atoms with Crippen LogP contribution in [0.3, 0.4) is 0 Å². The fraction of sp³-hybridized carbons (Fsp3) is 0.156. The Morgan fingerprint density at radius 3 is 1.02 bits per heavy atom. The van der Waals surface area contributed by atoms with Crippen LogP contribution in [-0.2, 0) is 57.5 Å². The molecule has 0 saturated heterocycles. The third-order valence-electron chi connectivity index (χ3n) is 24.1. The molecule has 0 radical (unpaired) electrons. The number of hydrogen-bond acceptors (Lipinski definition) is 17. The molecule has 5 heterocycles. The van der Waals surface area contributed by atoms with E-state index in [-0.39, 0.29) is 59.1 Å². The third kappa shape index (κ3) is 34.1. The molecule has 149 heavy (non-hydrogen) atoms. The van der Waals surface area contributed by atoms with Gasteiger partial charge in [-0.05, 0) is 171 Å². The second-order valence-corrected chi connectivity index (χ2v) is 35.4. The fourth-order valence-electron chi connectivity index (χ4n) is 16.2. The summed E-state index contributed by atoms with van der Waals surface area (Å²) >= 11 is 3.53. The summed E-state index contributed by atoms with van der Waals surface area (Å²) in [4.78, 5) is 84.3. The average Bonchev–Trinajstić information content (AvgIpc) is 0.705. The number of pyridine rings is 5. The predicted octanol–water partition coefficient (Wildman–Crippen LogP) is 24.9. The quantitative estimate of drug-likeness (QED) is 0.00474. The summed E-state index contributed by atoms with van der Waals surface area (Å²) in [5.41, 5.74) is 32.1. The summed E-state index contributed by atoms with van der Waals surface area (Å²) < 4.78 is 23.4. The van der Waals surface area contributed by atoms with E-state index in [0.29, 0.717) is 32.0 Å². The van der Waals surface area contributed by atoms with Crippen LogP contribution in [0, 0.1) is 20.8 Å². The van der Waals surface area contributed by atoms with Crippen molar-refractivity contribution in [3.63, 3.8) is 0 Å². The molecule has 748 valence electrons. The van der Waals surface area contributed by atoms with E-state index < -0.39 is 5.97 Å². The zero-order chi connectivity index (χ0) is 104. The molecule has 0 aliphatic rings. The maximum atomic E-state index is 12.5. The number of H-pyrrole nitrogens is 2. The second-order valence-electron chi connectivity index (χ2n) is 34.8. The molecule has 5 aromatic heterocycles. The SMILES string of the molecule is BrCc1ccc2nc(-c3ccccc3)cc(OCc3ccccc3)c2c1.CCN(CC)Cc1ccc2[nH]c(-c3ccccc3)cc(=O)c2c1.CCN(CC)Cc1ccc2nc(-c3ccccc3)cc(OCc3ccccc3)c2c1.CCOC(=O)CC(=O)c1ccccc1.Cc1ccc(N)cc1.Cc1ccc2[nH]c(-c3ccccc3)cc(=O)c2c1.Cc1ccc2nc(-c3ccccc3)cc(OCc3ccccc3)c2c1.O=CO[O-].[Na+]. The number of carbonyl (C=O) groups is 3. The molecule has 0 atom stereocenters. The number of benzene rings is 15. The number of aryl methyl sites for hydroxylation is 3. The number of nitrogens with one attached hydrogen (secondary N) is 2. The van der Waals surface area contributed by atoms with Crippen molar-refractivity contribution in [3.8, 4) is 73.5 Å². The van der Waals surface area contributed by atoms with Gasteiger partial charge in [0.15, 0.2) is 16.6 Å². The number of nitrogen functional groups attached to an aromatic ring is 1. The van der Waals surface area contributed by atoms with Crippen LogP contribution >= 0.6 is 15.9 Å². The number of aromatic amines is 2. The van der Waals surface area contributed by atoms with E-state index in [0.717, 1.165) is 201 Å². The van der Waals surface area contributed by atoms with Crippen LogP contribution in [0.1, 0.15) is 101 Å². The molecule has 0 aliphatic heterocycles. The molecule has 0 spiro atoms. The maximum Gasteiger partial charge on any atom is 1.00 e. The number of nitrogens with two attached hydrogens (primary N) is 1. The first kappa shape index (κ1) is 112. The van der Waals surface area contributed by atoms with Crippen molar-refractivity contribution in [3.05, 3.63) is 495 Å². The number of Topliss-reactive ketones (excluding diaryl/α,β-unsaturated/α-hetero) is 1. The number of ketones is 1. The van der Waals surface area contributed by atoms with Gasteiger partial charge in [-0.1, -0.05) is 376 Å². The minimum Gasteiger partial charge on any atom is -0.662 e. The van der Waals surface area contributed by atoms with E-state index in [9.17, 15) is 19.2 Å². The Kier molecular flexibility index (Phi) is 44.3. The predicted molar refractivity (Wildman–Crippen MR) is 604 cm³/mol. The average molecular weight is 2050 g/mol. The molecule has 15 aromatic carbocycles. The number of esters is 1. The largest absolute Gasteiger partial charge is 1.00 e. The van der Waals surface area contributed by atoms with Crippen molar-refractivity contribution in [2.45, 2.75) is 100 Å². The minimum absolute atomic E-state index is 0. The summed E-state index contributed by atoms with van der Waals surface area (Å²) in [6, 6.07) is 138. The molecule has 19 nitrogen and oxygen atoms in total. The standard InChI is InChI=1S/C27H28N2O.C23H18BrNO.C23H19NO.C20H22N2O.C16H13NO.C11H12O3.C7H9N.CH2O3.Na/c1-3-29(4-2)19-22-15-16-25-24(17-22)27(30-20-21-11-7-5-8-12-21)18-26(28-25)23-13-9-6-10-14-23;24-15-18-11-12-21-20(13-18)23(26-16-17-7-3-1-4-8-17)14-22(25-21)19-9-5-2-6-10-19;1-17-12-13-21-20(14-17)23(25-16-18-8-4-2-5-9-18)15-22(24-21)19-10-6-3-7-11-19;1-3-22(4-2)14-15-10-11-18-17(12-15)20(23)13-19(21-18)16-8-6-5-7-9-16;1-11-7-8-14-13(9-11)16(18)10-15(17-14)12-5-3-2-4-6-12;1-2-14-11(13)8-10(12)9-6-4-3-5-7-9;1-6-2-4-7(8)5-3-6;2-1-4-3;/h5-18H,3-4,19-20H2,1-2H3;1-14H,15-16H2;2-15H,16H2,1H3;5-13H,3-4,14H2,1-2H3,(H,21,23);2-10H,1H3,(H,17,18);3-7H,2,8H2,1H3;2-5H,8H2,1H3;1,3H;/q;;;;;;;;+1/p-1. The van der Waals surface area contributed by atoms with Gasteiger partial charge in [-0.3, -0.25) is 33.8 Å². The van der Waals surface area contributed by atoms with Crippen molar-refractivity contribution in [1.82, 2.24) is 34.7 Å². The van der Waals surface area contributed by atoms with E-state index in [1.807, 2.05) is 257 Å². The number of rotatable bonds is 28. The van der Waals surface area contributed by atoms with Crippen LogP contribution in [-0.4, -0.2) is 85.7 Å². The van der Waals surface area contributed by atoms with Crippen LogP contribution in [0.25, 0.3) is 111 Å². The Bertz CT molecular complexity index is 7720. The normalized spacial score (nSPS) is 10.5. The maximum absolute atomic E-state index is 12.5. The number of aromatic nitrogens is 5. The van der Waals surface area contributed by atoms with Gasteiger partial charge in [0, 0.05) is 126 Å². The van der Waals surface area contributed by atoms with Crippen molar-refractivity contribution >= 4 is 94.4 Å². The first-order valence-corrected chi connectivity index (χ1v) is 50.6. The number of alkyl halides is 1. The molecule has 4 N–H and O–H groups in total. The van der Waals surface area contributed by atoms with Gasteiger partial charge in [-0.15, -0.1) is 0 Å². The smallest absolute Gasteiger partial charge is 0.662 e. The van der Waals surface area contributed by atoms with Crippen molar-refractivity contribution in [2.24, 2.45) is 0 Å². The molecule has 21 heteroatoms. The van der Waals surface area contributed by atoms with E-state index >= 15 is 0 Å². The van der Waals surface area contributed by atoms with Gasteiger partial charge in [-0.2, -0.15) is 0 Å². The van der Waals surface area contributed by atoms with Gasteiger partial charge >= 0.3 is 35.5 Å². The van der Waals surface area contributed by atoms with Gasteiger partial charge in [-0.25, -0.2) is 15.0 Å². The van der Waals surface area contributed by atoms with E-state index in [4.69, 9.17) is 44.9 Å². The minimum atomic E-state index is -0.471. The summed E-state index contributed by atoms with van der Waals surface area (Å²) in [6.07, 6.45) is -0.183. The molecule has 0 aliphatic carbocycles. The zero-order valence-electron chi connectivity index (χ0n) is 85.6. The van der Waals surface area contributed by atoms with Gasteiger partial charge < -0.3 is 44.8 Å². The topological polar surface area (TPSA) is 257 Å². The Balaban J connectivity index is 0.000000156. The summed E-state index contributed by atoms with van der Waals surface area (Å²) in [5.74, 6) is 1.94. The molecule has 0 saturated carbocycles. The Morgan fingerprint density at radius 1 is 0.356 bits per heavy atom. The Labute approximate surface area is 901 Å².